The number of fused-ring (bicyclic) bond motifs is 2. The molecule has 2 amide bonds. The Labute approximate surface area is 179 Å². The first kappa shape index (κ1) is 19.5. The van der Waals surface area contributed by atoms with E-state index in [1.807, 2.05) is 35.1 Å². The maximum absolute atomic E-state index is 12.9. The number of hydrogen-bond donors (Lipinski definition) is 3. The van der Waals surface area contributed by atoms with Gasteiger partial charge >= 0.3 is 0 Å². The lowest BCUT2D eigenvalue weighted by Crippen LogP contribution is -2.27. The van der Waals surface area contributed by atoms with Crippen LogP contribution in [0.4, 0.5) is 11.6 Å². The molecule has 9 nitrogen and oxygen atoms in total. The molecule has 1 saturated carbocycles. The molecule has 1 unspecified atom stereocenters. The quantitative estimate of drug-likeness (QED) is 0.529. The lowest BCUT2D eigenvalue weighted by atomic mass is 9.95. The Morgan fingerprint density at radius 2 is 2.00 bits per heavy atom. The molecule has 0 radical (unpaired) electrons. The number of hydrogen-bond acceptors (Lipinski definition) is 6. The summed E-state index contributed by atoms with van der Waals surface area (Å²) < 4.78 is 2.00. The normalized spacial score (nSPS) is 18.2. The molecule has 5 rings (SSSR count). The largest absolute Gasteiger partial charge is 0.355 e. The molecule has 31 heavy (non-hydrogen) atoms. The average molecular weight is 419 g/mol. The van der Waals surface area contributed by atoms with Gasteiger partial charge in [-0.15, -0.1) is 0 Å². The van der Waals surface area contributed by atoms with Gasteiger partial charge < -0.3 is 16.0 Å². The summed E-state index contributed by atoms with van der Waals surface area (Å²) in [6.07, 6.45) is 6.61. The van der Waals surface area contributed by atoms with Crippen molar-refractivity contribution in [1.29, 1.82) is 0 Å². The Morgan fingerprint density at radius 3 is 2.81 bits per heavy atom. The minimum Gasteiger partial charge on any atom is -0.355 e. The van der Waals surface area contributed by atoms with Gasteiger partial charge in [0.25, 0.3) is 0 Å². The summed E-state index contributed by atoms with van der Waals surface area (Å²) in [5.41, 5.74) is 2.95. The highest BCUT2D eigenvalue weighted by Gasteiger charge is 2.35. The molecule has 160 valence electrons. The van der Waals surface area contributed by atoms with Gasteiger partial charge in [-0.1, -0.05) is 31.0 Å². The Bertz CT molecular complexity index is 1150. The highest BCUT2D eigenvalue weighted by molar-refractivity contribution is 6.06. The van der Waals surface area contributed by atoms with E-state index in [9.17, 15) is 9.59 Å². The predicted molar refractivity (Wildman–Crippen MR) is 117 cm³/mol. The predicted octanol–water partition coefficient (Wildman–Crippen LogP) is 2.57. The lowest BCUT2D eigenvalue weighted by Gasteiger charge is -2.12. The summed E-state index contributed by atoms with van der Waals surface area (Å²) in [6.45, 7) is 2.41. The smallest absolute Gasteiger partial charge is 0.238 e. The van der Waals surface area contributed by atoms with Crippen molar-refractivity contribution in [3.05, 3.63) is 41.7 Å². The van der Waals surface area contributed by atoms with E-state index in [0.717, 1.165) is 29.5 Å². The molecule has 9 heteroatoms. The fraction of sp³-hybridized carbons (Fsp3) is 0.409. The van der Waals surface area contributed by atoms with E-state index in [0.29, 0.717) is 36.4 Å². The Morgan fingerprint density at radius 1 is 1.19 bits per heavy atom. The summed E-state index contributed by atoms with van der Waals surface area (Å²) in [5.74, 6) is -0.298. The summed E-state index contributed by atoms with van der Waals surface area (Å²) in [4.78, 5) is 33.4. The van der Waals surface area contributed by atoms with E-state index in [1.54, 1.807) is 0 Å². The first-order valence-corrected chi connectivity index (χ1v) is 10.7. The minimum atomic E-state index is -0.515. The van der Waals surface area contributed by atoms with Crippen molar-refractivity contribution < 1.29 is 9.59 Å². The van der Waals surface area contributed by atoms with Crippen molar-refractivity contribution in [3.63, 3.8) is 0 Å². The second-order valence-corrected chi connectivity index (χ2v) is 8.14. The maximum atomic E-state index is 12.9. The minimum absolute atomic E-state index is 0.0894. The zero-order valence-electron chi connectivity index (χ0n) is 17.4. The zero-order chi connectivity index (χ0) is 21.4. The van der Waals surface area contributed by atoms with E-state index >= 15 is 0 Å². The molecule has 2 aromatic heterocycles. The first-order chi connectivity index (χ1) is 15.1. The number of amides is 2. The summed E-state index contributed by atoms with van der Waals surface area (Å²) >= 11 is 0. The summed E-state index contributed by atoms with van der Waals surface area (Å²) in [5, 5.41) is 14.4. The number of anilines is 2. The molecular weight excluding hydrogens is 394 g/mol. The molecule has 1 fully saturated rings. The van der Waals surface area contributed by atoms with Crippen LogP contribution in [-0.2, 0) is 9.59 Å². The number of benzene rings is 1. The summed E-state index contributed by atoms with van der Waals surface area (Å²) in [7, 11) is 0. The van der Waals surface area contributed by atoms with Crippen molar-refractivity contribution in [3.8, 4) is 0 Å². The molecule has 1 aliphatic heterocycles. The molecule has 1 aliphatic carbocycles. The molecule has 3 N–H and O–H groups in total. The van der Waals surface area contributed by atoms with Crippen molar-refractivity contribution in [1.82, 2.24) is 25.1 Å². The molecule has 0 bridgehead atoms. The summed E-state index contributed by atoms with van der Waals surface area (Å²) in [6, 6.07) is 8.06. The number of carbonyl (C=O) groups is 2. The standard InChI is InChI=1S/C22H25N7O2/c1-13(30)23-10-11-24-22-26-19(18-15-8-4-5-9-17(15)25-21(18)31)16-12-29(28-20(16)27-22)14-6-2-3-7-14/h4-5,8-9,12,14,18H,2-3,6-7,10-11H2,1H3,(H,23,30)(H,25,31)(H,24,27,28). The molecule has 0 spiro atoms. The van der Waals surface area contributed by atoms with Crippen LogP contribution in [0.3, 0.4) is 0 Å². The Balaban J connectivity index is 1.55. The Kier molecular flexibility index (Phi) is 5.01. The number of carbonyl (C=O) groups excluding carboxylic acids is 2. The number of para-hydroxylation sites is 1. The molecule has 0 saturated heterocycles. The molecule has 2 aliphatic rings. The third-order valence-electron chi connectivity index (χ3n) is 5.97. The SMILES string of the molecule is CC(=O)NCCNc1nc(C2C(=O)Nc3ccccc32)c2cn(C3CCCC3)nc2n1. The number of nitrogens with one attached hydrogen (secondary N) is 3. The fourth-order valence-corrected chi connectivity index (χ4v) is 4.49. The van der Waals surface area contributed by atoms with Crippen LogP contribution in [0.5, 0.6) is 0 Å². The van der Waals surface area contributed by atoms with Crippen LogP contribution in [0.1, 0.15) is 55.8 Å². The monoisotopic (exact) mass is 419 g/mol. The number of nitrogens with zero attached hydrogens (tertiary/aromatic N) is 4. The van der Waals surface area contributed by atoms with Crippen LogP contribution in [0.25, 0.3) is 11.0 Å². The van der Waals surface area contributed by atoms with E-state index < -0.39 is 5.92 Å². The van der Waals surface area contributed by atoms with E-state index in [1.165, 1.54) is 19.8 Å². The third kappa shape index (κ3) is 3.71. The van der Waals surface area contributed by atoms with Crippen LogP contribution in [0, 0.1) is 0 Å². The van der Waals surface area contributed by atoms with Gasteiger partial charge in [0.2, 0.25) is 17.8 Å². The van der Waals surface area contributed by atoms with Gasteiger partial charge in [-0.05, 0) is 24.5 Å². The van der Waals surface area contributed by atoms with Gasteiger partial charge in [-0.25, -0.2) is 4.98 Å². The fourth-order valence-electron chi connectivity index (χ4n) is 4.49. The second-order valence-electron chi connectivity index (χ2n) is 8.14. The zero-order valence-corrected chi connectivity index (χ0v) is 17.4. The first-order valence-electron chi connectivity index (χ1n) is 10.7. The molecule has 1 aromatic carbocycles. The highest BCUT2D eigenvalue weighted by atomic mass is 16.2. The molecule has 1 atom stereocenters. The van der Waals surface area contributed by atoms with Crippen molar-refractivity contribution in [2.24, 2.45) is 0 Å². The van der Waals surface area contributed by atoms with E-state index in [-0.39, 0.29) is 11.8 Å². The topological polar surface area (TPSA) is 114 Å². The number of rotatable bonds is 6. The van der Waals surface area contributed by atoms with Gasteiger partial charge in [0.1, 0.15) is 5.92 Å². The van der Waals surface area contributed by atoms with Gasteiger partial charge in [-0.3, -0.25) is 14.3 Å². The van der Waals surface area contributed by atoms with Gasteiger partial charge in [0.15, 0.2) is 5.65 Å². The van der Waals surface area contributed by atoms with Crippen LogP contribution in [-0.4, -0.2) is 44.7 Å². The van der Waals surface area contributed by atoms with Crippen molar-refractivity contribution in [2.75, 3.05) is 23.7 Å². The lowest BCUT2D eigenvalue weighted by molar-refractivity contribution is -0.119. The number of aromatic nitrogens is 4. The third-order valence-corrected chi connectivity index (χ3v) is 5.97. The maximum Gasteiger partial charge on any atom is 0.238 e. The van der Waals surface area contributed by atoms with Gasteiger partial charge in [-0.2, -0.15) is 10.1 Å². The molecule has 3 aromatic rings. The van der Waals surface area contributed by atoms with Crippen molar-refractivity contribution in [2.45, 2.75) is 44.6 Å². The second kappa shape index (κ2) is 7.98. The Hall–Kier alpha value is -3.49. The van der Waals surface area contributed by atoms with Gasteiger partial charge in [0.05, 0.1) is 17.1 Å². The van der Waals surface area contributed by atoms with Gasteiger partial charge in [0, 0.05) is 31.9 Å². The average Bonchev–Trinajstić information content (AvgIpc) is 3.47. The van der Waals surface area contributed by atoms with Crippen LogP contribution >= 0.6 is 0 Å². The molecular formula is C22H25N7O2. The van der Waals surface area contributed by atoms with Crippen LogP contribution < -0.4 is 16.0 Å². The van der Waals surface area contributed by atoms with E-state index in [4.69, 9.17) is 10.1 Å². The van der Waals surface area contributed by atoms with Crippen LogP contribution in [0.2, 0.25) is 0 Å². The highest BCUT2D eigenvalue weighted by Crippen LogP contribution is 2.39. The molecule has 3 heterocycles. The van der Waals surface area contributed by atoms with Crippen LogP contribution in [0.15, 0.2) is 30.5 Å². The van der Waals surface area contributed by atoms with Crippen molar-refractivity contribution >= 4 is 34.5 Å². The van der Waals surface area contributed by atoms with E-state index in [2.05, 4.69) is 20.9 Å².